The molecule has 0 spiro atoms. The number of ether oxygens (including phenoxy) is 1. The molecule has 0 fully saturated rings. The molecular formula is C16H11F3N2O5S. The number of carbonyl (C=O) groups excluding carboxylic acids is 2. The van der Waals surface area contributed by atoms with Crippen LogP contribution >= 0.6 is 11.3 Å². The number of non-ortho nitro benzene ring substituents is 1. The molecule has 0 radical (unpaired) electrons. The Morgan fingerprint density at radius 2 is 2.04 bits per heavy atom. The number of amides is 1. The molecule has 1 heterocycles. The first-order valence-corrected chi connectivity index (χ1v) is 8.08. The van der Waals surface area contributed by atoms with Gasteiger partial charge in [-0.05, 0) is 23.6 Å². The van der Waals surface area contributed by atoms with Crippen LogP contribution in [0, 0.1) is 10.1 Å². The van der Waals surface area contributed by atoms with Crippen molar-refractivity contribution in [3.8, 4) is 0 Å². The fourth-order valence-electron chi connectivity index (χ4n) is 1.90. The number of benzene rings is 1. The molecule has 0 atom stereocenters. The van der Waals surface area contributed by atoms with E-state index in [4.69, 9.17) is 0 Å². The lowest BCUT2D eigenvalue weighted by atomic mass is 10.1. The van der Waals surface area contributed by atoms with Gasteiger partial charge in [-0.15, -0.1) is 11.3 Å². The first-order chi connectivity index (χ1) is 12.7. The minimum atomic E-state index is -4.92. The molecular weight excluding hydrogens is 389 g/mol. The Morgan fingerprint density at radius 1 is 1.30 bits per heavy atom. The monoisotopic (exact) mass is 400 g/mol. The van der Waals surface area contributed by atoms with Gasteiger partial charge < -0.3 is 10.1 Å². The van der Waals surface area contributed by atoms with Crippen molar-refractivity contribution in [2.24, 2.45) is 0 Å². The van der Waals surface area contributed by atoms with E-state index in [0.29, 0.717) is 6.07 Å². The van der Waals surface area contributed by atoms with E-state index in [-0.39, 0.29) is 0 Å². The summed E-state index contributed by atoms with van der Waals surface area (Å²) in [5.41, 5.74) is -2.83. The van der Waals surface area contributed by atoms with Crippen molar-refractivity contribution < 1.29 is 32.4 Å². The Hall–Kier alpha value is -3.21. The summed E-state index contributed by atoms with van der Waals surface area (Å²) in [7, 11) is 0. The Kier molecular flexibility index (Phi) is 6.29. The molecule has 0 aliphatic heterocycles. The van der Waals surface area contributed by atoms with Crippen LogP contribution in [0.25, 0.3) is 6.08 Å². The van der Waals surface area contributed by atoms with Crippen molar-refractivity contribution in [3.63, 3.8) is 0 Å². The number of hydrogen-bond donors (Lipinski definition) is 1. The average molecular weight is 400 g/mol. The molecule has 0 aliphatic rings. The SMILES string of the molecule is O=C(COC(=O)/C=C/c1cccs1)Nc1ccc([N+](=O)[O-])cc1C(F)(F)F. The molecule has 1 aromatic heterocycles. The Bertz CT molecular complexity index is 879. The number of nitrogens with one attached hydrogen (secondary N) is 1. The van der Waals surface area contributed by atoms with Crippen molar-refractivity contribution in [2.75, 3.05) is 11.9 Å². The van der Waals surface area contributed by atoms with E-state index in [1.807, 2.05) is 5.32 Å². The van der Waals surface area contributed by atoms with E-state index in [2.05, 4.69) is 4.74 Å². The predicted molar refractivity (Wildman–Crippen MR) is 91.0 cm³/mol. The van der Waals surface area contributed by atoms with Gasteiger partial charge in [0.05, 0.1) is 16.2 Å². The van der Waals surface area contributed by atoms with Crippen molar-refractivity contribution >= 4 is 40.7 Å². The Morgan fingerprint density at radius 3 is 2.63 bits per heavy atom. The number of anilines is 1. The van der Waals surface area contributed by atoms with Gasteiger partial charge >= 0.3 is 12.1 Å². The number of nitrogens with zero attached hydrogens (tertiary/aromatic N) is 1. The fourth-order valence-corrected chi connectivity index (χ4v) is 2.51. The Balaban J connectivity index is 2.00. The summed E-state index contributed by atoms with van der Waals surface area (Å²) < 4.78 is 43.7. The number of nitro groups is 1. The smallest absolute Gasteiger partial charge is 0.418 e. The van der Waals surface area contributed by atoms with Gasteiger partial charge in [-0.3, -0.25) is 14.9 Å². The summed E-state index contributed by atoms with van der Waals surface area (Å²) in [6.07, 6.45) is -2.39. The molecule has 0 unspecified atom stereocenters. The molecule has 1 aromatic carbocycles. The summed E-state index contributed by atoms with van der Waals surface area (Å²) in [5.74, 6) is -1.87. The molecule has 142 valence electrons. The summed E-state index contributed by atoms with van der Waals surface area (Å²) in [4.78, 5) is 33.7. The third-order valence-corrected chi connectivity index (χ3v) is 3.90. The van der Waals surface area contributed by atoms with E-state index in [9.17, 15) is 32.9 Å². The van der Waals surface area contributed by atoms with Crippen LogP contribution in [0.5, 0.6) is 0 Å². The molecule has 1 N–H and O–H groups in total. The summed E-state index contributed by atoms with van der Waals surface area (Å²) in [5, 5.41) is 14.3. The topological polar surface area (TPSA) is 98.5 Å². The van der Waals surface area contributed by atoms with Crippen LogP contribution in [-0.2, 0) is 20.5 Å². The molecule has 1 amide bonds. The highest BCUT2D eigenvalue weighted by Gasteiger charge is 2.35. The highest BCUT2D eigenvalue weighted by Crippen LogP contribution is 2.37. The zero-order chi connectivity index (χ0) is 20.0. The zero-order valence-electron chi connectivity index (χ0n) is 13.4. The minimum absolute atomic E-state index is 0.311. The maximum atomic E-state index is 13.0. The van der Waals surface area contributed by atoms with Crippen LogP contribution in [0.15, 0.2) is 41.8 Å². The van der Waals surface area contributed by atoms with E-state index in [1.165, 1.54) is 17.4 Å². The molecule has 0 aliphatic carbocycles. The number of alkyl halides is 3. The number of carbonyl (C=O) groups is 2. The third kappa shape index (κ3) is 5.92. The van der Waals surface area contributed by atoms with Gasteiger partial charge in [0, 0.05) is 23.1 Å². The van der Waals surface area contributed by atoms with Crippen LogP contribution < -0.4 is 5.32 Å². The van der Waals surface area contributed by atoms with Crippen LogP contribution in [-0.4, -0.2) is 23.4 Å². The van der Waals surface area contributed by atoms with Crippen LogP contribution in [0.3, 0.4) is 0 Å². The molecule has 0 saturated heterocycles. The highest BCUT2D eigenvalue weighted by molar-refractivity contribution is 7.10. The van der Waals surface area contributed by atoms with Gasteiger partial charge in [0.1, 0.15) is 0 Å². The number of hydrogen-bond acceptors (Lipinski definition) is 6. The van der Waals surface area contributed by atoms with Crippen molar-refractivity contribution in [1.82, 2.24) is 0 Å². The highest BCUT2D eigenvalue weighted by atomic mass is 32.1. The fraction of sp³-hybridized carbons (Fsp3) is 0.125. The second kappa shape index (κ2) is 8.45. The maximum absolute atomic E-state index is 13.0. The lowest BCUT2D eigenvalue weighted by Gasteiger charge is -2.13. The third-order valence-electron chi connectivity index (χ3n) is 3.07. The van der Waals surface area contributed by atoms with Gasteiger partial charge in [0.25, 0.3) is 11.6 Å². The van der Waals surface area contributed by atoms with Gasteiger partial charge in [-0.2, -0.15) is 13.2 Å². The van der Waals surface area contributed by atoms with Crippen molar-refractivity contribution in [1.29, 1.82) is 0 Å². The molecule has 11 heteroatoms. The number of esters is 1. The second-order valence-electron chi connectivity index (χ2n) is 4.99. The molecule has 27 heavy (non-hydrogen) atoms. The summed E-state index contributed by atoms with van der Waals surface area (Å²) in [6.45, 7) is -0.818. The minimum Gasteiger partial charge on any atom is -0.452 e. The lowest BCUT2D eigenvalue weighted by Crippen LogP contribution is -2.22. The number of thiophene rings is 1. The standard InChI is InChI=1S/C16H11F3N2O5S/c17-16(18,19)12-8-10(21(24)25)3-5-13(12)20-14(22)9-26-15(23)6-4-11-2-1-7-27-11/h1-8H,9H2,(H,20,22)/b6-4+. The van der Waals surface area contributed by atoms with Gasteiger partial charge in [-0.1, -0.05) is 6.07 Å². The maximum Gasteiger partial charge on any atom is 0.418 e. The van der Waals surface area contributed by atoms with Crippen molar-refractivity contribution in [3.05, 3.63) is 62.3 Å². The first kappa shape index (κ1) is 20.1. The normalized spacial score (nSPS) is 11.4. The van der Waals surface area contributed by atoms with Gasteiger partial charge in [0.15, 0.2) is 6.61 Å². The van der Waals surface area contributed by atoms with Gasteiger partial charge in [0.2, 0.25) is 0 Å². The van der Waals surface area contributed by atoms with E-state index >= 15 is 0 Å². The van der Waals surface area contributed by atoms with Gasteiger partial charge in [-0.25, -0.2) is 4.79 Å². The molecule has 7 nitrogen and oxygen atoms in total. The molecule has 2 rings (SSSR count). The van der Waals surface area contributed by atoms with Crippen LogP contribution in [0.4, 0.5) is 24.5 Å². The van der Waals surface area contributed by atoms with E-state index in [1.54, 1.807) is 17.5 Å². The molecule has 2 aromatic rings. The quantitative estimate of drug-likeness (QED) is 0.344. The number of nitro benzene ring substituents is 1. The second-order valence-corrected chi connectivity index (χ2v) is 5.97. The average Bonchev–Trinajstić information content (AvgIpc) is 3.11. The predicted octanol–water partition coefficient (Wildman–Crippen LogP) is 3.87. The van der Waals surface area contributed by atoms with Crippen LogP contribution in [0.2, 0.25) is 0 Å². The van der Waals surface area contributed by atoms with Crippen molar-refractivity contribution in [2.45, 2.75) is 6.18 Å². The van der Waals surface area contributed by atoms with E-state index in [0.717, 1.165) is 23.1 Å². The molecule has 0 saturated carbocycles. The molecule has 0 bridgehead atoms. The summed E-state index contributed by atoms with van der Waals surface area (Å²) in [6, 6.07) is 5.41. The number of halogens is 3. The number of rotatable bonds is 6. The zero-order valence-corrected chi connectivity index (χ0v) is 14.2. The van der Waals surface area contributed by atoms with Crippen LogP contribution in [0.1, 0.15) is 10.4 Å². The largest absolute Gasteiger partial charge is 0.452 e. The lowest BCUT2D eigenvalue weighted by molar-refractivity contribution is -0.385. The summed E-state index contributed by atoms with van der Waals surface area (Å²) >= 11 is 1.37. The first-order valence-electron chi connectivity index (χ1n) is 7.20. The van der Waals surface area contributed by atoms with E-state index < -0.39 is 46.5 Å². The Labute approximate surface area is 154 Å².